The Morgan fingerprint density at radius 2 is 1.48 bits per heavy atom. The Morgan fingerprint density at radius 3 is 1.95 bits per heavy atom. The van der Waals surface area contributed by atoms with Crippen LogP contribution in [-0.4, -0.2) is 43.9 Å². The molecule has 0 aliphatic carbocycles. The molecule has 108 valence electrons. The van der Waals surface area contributed by atoms with E-state index in [1.807, 2.05) is 36.4 Å². The van der Waals surface area contributed by atoms with E-state index in [0.717, 1.165) is 23.7 Å². The highest BCUT2D eigenvalue weighted by molar-refractivity contribution is 6.23. The zero-order valence-corrected chi connectivity index (χ0v) is 12.3. The summed E-state index contributed by atoms with van der Waals surface area (Å²) in [7, 11) is 4.13. The number of nitrogens with zero attached hydrogens (tertiary/aromatic N) is 1. The van der Waals surface area contributed by atoms with Gasteiger partial charge in [-0.3, -0.25) is 14.5 Å². The number of benzene rings is 2. The molecule has 21 heavy (non-hydrogen) atoms. The lowest BCUT2D eigenvalue weighted by Gasteiger charge is -2.14. The fraction of sp³-hybridized carbons (Fsp3) is 0.294. The molecule has 2 amide bonds. The first-order valence-corrected chi connectivity index (χ1v) is 7.26. The van der Waals surface area contributed by atoms with Crippen LogP contribution in [0.2, 0.25) is 0 Å². The summed E-state index contributed by atoms with van der Waals surface area (Å²) >= 11 is 0. The van der Waals surface area contributed by atoms with E-state index in [-0.39, 0.29) is 11.8 Å². The van der Waals surface area contributed by atoms with Gasteiger partial charge in [-0.05, 0) is 22.9 Å². The number of amides is 2. The molecule has 0 saturated carbocycles. The normalized spacial score (nSPS) is 14.3. The Balaban J connectivity index is 1.91. The summed E-state index contributed by atoms with van der Waals surface area (Å²) in [5, 5.41) is 1.99. The number of quaternary nitrogens is 1. The van der Waals surface area contributed by atoms with Gasteiger partial charge in [-0.2, -0.15) is 0 Å². The van der Waals surface area contributed by atoms with E-state index < -0.39 is 0 Å². The summed E-state index contributed by atoms with van der Waals surface area (Å²) in [6.07, 6.45) is 0.827. The molecule has 1 N–H and O–H groups in total. The summed E-state index contributed by atoms with van der Waals surface area (Å²) in [5.41, 5.74) is 1.08. The van der Waals surface area contributed by atoms with Crippen molar-refractivity contribution in [2.24, 2.45) is 0 Å². The van der Waals surface area contributed by atoms with Crippen molar-refractivity contribution in [1.29, 1.82) is 0 Å². The van der Waals surface area contributed by atoms with Crippen LogP contribution in [-0.2, 0) is 0 Å². The Labute approximate surface area is 124 Å². The van der Waals surface area contributed by atoms with E-state index in [0.29, 0.717) is 17.7 Å². The third-order valence-electron chi connectivity index (χ3n) is 3.90. The summed E-state index contributed by atoms with van der Waals surface area (Å²) in [6, 6.07) is 11.5. The van der Waals surface area contributed by atoms with Gasteiger partial charge in [-0.1, -0.05) is 24.3 Å². The number of imide groups is 1. The van der Waals surface area contributed by atoms with Crippen molar-refractivity contribution >= 4 is 22.6 Å². The highest BCUT2D eigenvalue weighted by Crippen LogP contribution is 2.27. The number of carbonyl (C=O) groups is 2. The maximum absolute atomic E-state index is 12.4. The lowest BCUT2D eigenvalue weighted by molar-refractivity contribution is -0.858. The molecule has 0 fully saturated rings. The van der Waals surface area contributed by atoms with Crippen LogP contribution in [0.1, 0.15) is 27.1 Å². The highest BCUT2D eigenvalue weighted by atomic mass is 16.2. The molecule has 1 aliphatic rings. The lowest BCUT2D eigenvalue weighted by Crippen LogP contribution is -3.05. The first kappa shape index (κ1) is 13.8. The van der Waals surface area contributed by atoms with Crippen LogP contribution in [0.15, 0.2) is 36.4 Å². The first-order chi connectivity index (χ1) is 10.1. The molecular weight excluding hydrogens is 264 g/mol. The van der Waals surface area contributed by atoms with Gasteiger partial charge in [-0.15, -0.1) is 0 Å². The molecule has 2 aromatic carbocycles. The molecule has 3 rings (SSSR count). The van der Waals surface area contributed by atoms with Gasteiger partial charge < -0.3 is 4.90 Å². The van der Waals surface area contributed by atoms with Crippen LogP contribution in [0.3, 0.4) is 0 Å². The smallest absolute Gasteiger partial charge is 0.261 e. The quantitative estimate of drug-likeness (QED) is 0.850. The zero-order valence-electron chi connectivity index (χ0n) is 12.3. The number of carbonyl (C=O) groups excluding carboxylic acids is 2. The molecular formula is C17H19N2O2+. The number of rotatable bonds is 4. The molecule has 0 atom stereocenters. The summed E-state index contributed by atoms with van der Waals surface area (Å²) < 4.78 is 0. The Kier molecular flexibility index (Phi) is 3.47. The van der Waals surface area contributed by atoms with Gasteiger partial charge in [0.05, 0.1) is 31.8 Å². The zero-order chi connectivity index (χ0) is 15.0. The van der Waals surface area contributed by atoms with Gasteiger partial charge in [0.1, 0.15) is 0 Å². The van der Waals surface area contributed by atoms with E-state index in [2.05, 4.69) is 14.1 Å². The molecule has 4 nitrogen and oxygen atoms in total. The van der Waals surface area contributed by atoms with Crippen molar-refractivity contribution in [2.75, 3.05) is 27.2 Å². The predicted octanol–water partition coefficient (Wildman–Crippen LogP) is 0.970. The Morgan fingerprint density at radius 1 is 0.952 bits per heavy atom. The van der Waals surface area contributed by atoms with E-state index >= 15 is 0 Å². The van der Waals surface area contributed by atoms with E-state index in [1.165, 1.54) is 9.80 Å². The fourth-order valence-corrected chi connectivity index (χ4v) is 2.77. The number of hydrogen-bond donors (Lipinski definition) is 1. The lowest BCUT2D eigenvalue weighted by atomic mass is 10.0. The molecule has 0 spiro atoms. The molecule has 0 unspecified atom stereocenters. The molecule has 0 saturated heterocycles. The second-order valence-corrected chi connectivity index (χ2v) is 5.82. The van der Waals surface area contributed by atoms with Crippen LogP contribution in [0.25, 0.3) is 10.8 Å². The molecule has 1 heterocycles. The molecule has 0 bridgehead atoms. The van der Waals surface area contributed by atoms with Crippen LogP contribution in [0.5, 0.6) is 0 Å². The summed E-state index contributed by atoms with van der Waals surface area (Å²) in [6.45, 7) is 1.43. The van der Waals surface area contributed by atoms with Gasteiger partial charge in [0, 0.05) is 13.0 Å². The van der Waals surface area contributed by atoms with Crippen molar-refractivity contribution < 1.29 is 14.5 Å². The Hall–Kier alpha value is -2.20. The summed E-state index contributed by atoms with van der Waals surface area (Å²) in [4.78, 5) is 27.5. The standard InChI is InChI=1S/C17H18N2O2/c1-18(2)8-5-9-19-16(20)14-10-12-6-3-4-7-13(12)11-15(14)17(19)21/h3-4,6-7,10-11H,5,8-9H2,1-2H3/p+1. The van der Waals surface area contributed by atoms with Crippen molar-refractivity contribution in [3.05, 3.63) is 47.5 Å². The number of fused-ring (bicyclic) bond motifs is 2. The third kappa shape index (κ3) is 2.43. The SMILES string of the molecule is C[NH+](C)CCCN1C(=O)c2cc3ccccc3cc2C1=O. The predicted molar refractivity (Wildman–Crippen MR) is 81.6 cm³/mol. The van der Waals surface area contributed by atoms with Gasteiger partial charge >= 0.3 is 0 Å². The topological polar surface area (TPSA) is 41.8 Å². The average molecular weight is 283 g/mol. The second-order valence-electron chi connectivity index (χ2n) is 5.82. The van der Waals surface area contributed by atoms with Crippen molar-refractivity contribution in [1.82, 2.24) is 4.90 Å². The van der Waals surface area contributed by atoms with Crippen LogP contribution >= 0.6 is 0 Å². The minimum atomic E-state index is -0.158. The van der Waals surface area contributed by atoms with Crippen molar-refractivity contribution in [3.8, 4) is 0 Å². The number of hydrogen-bond acceptors (Lipinski definition) is 2. The first-order valence-electron chi connectivity index (χ1n) is 7.26. The minimum absolute atomic E-state index is 0.158. The van der Waals surface area contributed by atoms with Gasteiger partial charge in [-0.25, -0.2) is 0 Å². The van der Waals surface area contributed by atoms with Gasteiger partial charge in [0.15, 0.2) is 0 Å². The fourth-order valence-electron chi connectivity index (χ4n) is 2.77. The maximum atomic E-state index is 12.4. The van der Waals surface area contributed by atoms with Crippen LogP contribution < -0.4 is 4.90 Å². The minimum Gasteiger partial charge on any atom is -0.340 e. The van der Waals surface area contributed by atoms with Crippen molar-refractivity contribution in [3.63, 3.8) is 0 Å². The largest absolute Gasteiger partial charge is 0.340 e. The van der Waals surface area contributed by atoms with E-state index in [1.54, 1.807) is 0 Å². The van der Waals surface area contributed by atoms with Crippen LogP contribution in [0, 0.1) is 0 Å². The van der Waals surface area contributed by atoms with Crippen molar-refractivity contribution in [2.45, 2.75) is 6.42 Å². The maximum Gasteiger partial charge on any atom is 0.261 e. The highest BCUT2D eigenvalue weighted by Gasteiger charge is 2.35. The Bertz CT molecular complexity index is 667. The summed E-state index contributed by atoms with van der Waals surface area (Å²) in [5.74, 6) is -0.316. The average Bonchev–Trinajstić information content (AvgIpc) is 2.69. The van der Waals surface area contributed by atoms with Gasteiger partial charge in [0.2, 0.25) is 0 Å². The molecule has 0 aromatic heterocycles. The van der Waals surface area contributed by atoms with E-state index in [4.69, 9.17) is 0 Å². The van der Waals surface area contributed by atoms with Crippen LogP contribution in [0.4, 0.5) is 0 Å². The number of nitrogens with one attached hydrogen (secondary N) is 1. The molecule has 2 aromatic rings. The molecule has 1 aliphatic heterocycles. The van der Waals surface area contributed by atoms with E-state index in [9.17, 15) is 9.59 Å². The van der Waals surface area contributed by atoms with Gasteiger partial charge in [0.25, 0.3) is 11.8 Å². The second kappa shape index (κ2) is 5.30. The monoisotopic (exact) mass is 283 g/mol. The molecule has 0 radical (unpaired) electrons. The molecule has 4 heteroatoms. The third-order valence-corrected chi connectivity index (χ3v) is 3.90.